The van der Waals surface area contributed by atoms with Gasteiger partial charge in [-0.15, -0.1) is 0 Å². The van der Waals surface area contributed by atoms with Crippen molar-refractivity contribution in [2.75, 3.05) is 13.1 Å². The largest absolute Gasteiger partial charge is 0.445 e. The van der Waals surface area contributed by atoms with Gasteiger partial charge in [-0.2, -0.15) is 0 Å². The van der Waals surface area contributed by atoms with E-state index < -0.39 is 0 Å². The summed E-state index contributed by atoms with van der Waals surface area (Å²) in [4.78, 5) is 11.8. The zero-order valence-corrected chi connectivity index (χ0v) is 10.3. The number of rotatable bonds is 3. The van der Waals surface area contributed by atoms with Crippen molar-refractivity contribution in [1.82, 2.24) is 10.6 Å². The van der Waals surface area contributed by atoms with Gasteiger partial charge in [0.15, 0.2) is 0 Å². The summed E-state index contributed by atoms with van der Waals surface area (Å²) in [7, 11) is 0. The standard InChI is InChI=1S/C14H18N2O2/c17-13(18-9-11-4-2-1-3-5-11)16-14-8-12(14)6-7-15-10-14/h1-5,12,15H,6-10H2,(H,16,17)/t12-,14-/m0/s1. The Balaban J connectivity index is 1.48. The molecule has 0 radical (unpaired) electrons. The molecule has 1 aliphatic carbocycles. The lowest BCUT2D eigenvalue weighted by molar-refractivity contribution is 0.132. The second kappa shape index (κ2) is 4.61. The van der Waals surface area contributed by atoms with Gasteiger partial charge in [0.2, 0.25) is 0 Å². The minimum atomic E-state index is -0.301. The van der Waals surface area contributed by atoms with Gasteiger partial charge in [0, 0.05) is 6.54 Å². The van der Waals surface area contributed by atoms with Gasteiger partial charge in [0.25, 0.3) is 0 Å². The molecule has 18 heavy (non-hydrogen) atoms. The Bertz CT molecular complexity index is 435. The fraction of sp³-hybridized carbons (Fsp3) is 0.500. The number of hydrogen-bond donors (Lipinski definition) is 2. The number of hydrogen-bond acceptors (Lipinski definition) is 3. The molecule has 0 bridgehead atoms. The summed E-state index contributed by atoms with van der Waals surface area (Å²) in [6, 6.07) is 9.74. The highest BCUT2D eigenvalue weighted by atomic mass is 16.5. The minimum Gasteiger partial charge on any atom is -0.445 e. The maximum Gasteiger partial charge on any atom is 0.407 e. The molecule has 1 aromatic rings. The highest BCUT2D eigenvalue weighted by Gasteiger charge is 2.56. The lowest BCUT2D eigenvalue weighted by Gasteiger charge is -2.23. The van der Waals surface area contributed by atoms with Gasteiger partial charge in [0.1, 0.15) is 6.61 Å². The molecule has 2 atom stereocenters. The second-order valence-electron chi connectivity index (χ2n) is 5.21. The van der Waals surface area contributed by atoms with Crippen molar-refractivity contribution < 1.29 is 9.53 Å². The molecular weight excluding hydrogens is 228 g/mol. The smallest absolute Gasteiger partial charge is 0.407 e. The number of carbonyl (C=O) groups is 1. The zero-order chi connectivity index (χ0) is 12.4. The number of carbonyl (C=O) groups excluding carboxylic acids is 1. The van der Waals surface area contributed by atoms with Crippen molar-refractivity contribution in [3.05, 3.63) is 35.9 Å². The quantitative estimate of drug-likeness (QED) is 0.853. The Labute approximate surface area is 107 Å². The van der Waals surface area contributed by atoms with Crippen LogP contribution in [0.2, 0.25) is 0 Å². The van der Waals surface area contributed by atoms with Crippen molar-refractivity contribution in [2.24, 2.45) is 5.92 Å². The molecule has 1 aliphatic heterocycles. The number of piperidine rings is 1. The molecule has 1 saturated carbocycles. The topological polar surface area (TPSA) is 50.4 Å². The molecule has 1 saturated heterocycles. The average Bonchev–Trinajstić information content (AvgIpc) is 3.11. The number of fused-ring (bicyclic) bond motifs is 1. The minimum absolute atomic E-state index is 0.0218. The van der Waals surface area contributed by atoms with E-state index in [1.165, 1.54) is 0 Å². The van der Waals surface area contributed by atoms with Crippen LogP contribution in [0.3, 0.4) is 0 Å². The first kappa shape index (κ1) is 11.5. The average molecular weight is 246 g/mol. The van der Waals surface area contributed by atoms with E-state index >= 15 is 0 Å². The summed E-state index contributed by atoms with van der Waals surface area (Å²) < 4.78 is 5.24. The van der Waals surface area contributed by atoms with E-state index in [1.54, 1.807) is 0 Å². The molecule has 2 aliphatic rings. The Hall–Kier alpha value is -1.55. The molecule has 4 heteroatoms. The van der Waals surface area contributed by atoms with Crippen LogP contribution < -0.4 is 10.6 Å². The third-order valence-electron chi connectivity index (χ3n) is 3.91. The third-order valence-corrected chi connectivity index (χ3v) is 3.91. The fourth-order valence-electron chi connectivity index (χ4n) is 2.72. The molecule has 2 fully saturated rings. The lowest BCUT2D eigenvalue weighted by Crippen LogP contribution is -2.48. The maximum absolute atomic E-state index is 11.8. The SMILES string of the molecule is O=C(N[C@@]12CNCC[C@H]1C2)OCc1ccccc1. The highest BCUT2D eigenvalue weighted by Crippen LogP contribution is 2.47. The molecule has 96 valence electrons. The van der Waals surface area contributed by atoms with Gasteiger partial charge < -0.3 is 15.4 Å². The highest BCUT2D eigenvalue weighted by molar-refractivity contribution is 5.69. The van der Waals surface area contributed by atoms with Crippen LogP contribution in [0.4, 0.5) is 4.79 Å². The van der Waals surface area contributed by atoms with Crippen LogP contribution >= 0.6 is 0 Å². The fourth-order valence-corrected chi connectivity index (χ4v) is 2.72. The van der Waals surface area contributed by atoms with Crippen LogP contribution in [-0.4, -0.2) is 24.7 Å². The number of ether oxygens (including phenoxy) is 1. The monoisotopic (exact) mass is 246 g/mol. The summed E-state index contributed by atoms with van der Waals surface area (Å²) in [5.41, 5.74) is 0.991. The molecular formula is C14H18N2O2. The normalized spacial score (nSPS) is 29.2. The Morgan fingerprint density at radius 3 is 3.06 bits per heavy atom. The van der Waals surface area contributed by atoms with Gasteiger partial charge >= 0.3 is 6.09 Å². The van der Waals surface area contributed by atoms with Crippen molar-refractivity contribution in [3.63, 3.8) is 0 Å². The Kier molecular flexibility index (Phi) is 2.96. The van der Waals surface area contributed by atoms with E-state index in [0.29, 0.717) is 12.5 Å². The van der Waals surface area contributed by atoms with Crippen LogP contribution in [-0.2, 0) is 11.3 Å². The molecule has 3 rings (SSSR count). The van der Waals surface area contributed by atoms with Gasteiger partial charge in [-0.3, -0.25) is 0 Å². The van der Waals surface area contributed by atoms with E-state index in [0.717, 1.165) is 31.5 Å². The van der Waals surface area contributed by atoms with Crippen molar-refractivity contribution in [2.45, 2.75) is 25.0 Å². The van der Waals surface area contributed by atoms with Crippen LogP contribution in [0.25, 0.3) is 0 Å². The summed E-state index contributed by atoms with van der Waals surface area (Å²) in [5, 5.41) is 6.34. The van der Waals surface area contributed by atoms with Crippen molar-refractivity contribution in [1.29, 1.82) is 0 Å². The van der Waals surface area contributed by atoms with Crippen molar-refractivity contribution in [3.8, 4) is 0 Å². The van der Waals surface area contributed by atoms with E-state index in [2.05, 4.69) is 10.6 Å². The van der Waals surface area contributed by atoms with Crippen LogP contribution in [0.5, 0.6) is 0 Å². The molecule has 1 aromatic carbocycles. The predicted molar refractivity (Wildman–Crippen MR) is 68.1 cm³/mol. The Morgan fingerprint density at radius 2 is 2.28 bits per heavy atom. The summed E-state index contributed by atoms with van der Waals surface area (Å²) in [5.74, 6) is 0.642. The van der Waals surface area contributed by atoms with E-state index in [9.17, 15) is 4.79 Å². The molecule has 0 aromatic heterocycles. The number of alkyl carbamates (subject to hydrolysis) is 1. The van der Waals surface area contributed by atoms with E-state index in [1.807, 2.05) is 30.3 Å². The van der Waals surface area contributed by atoms with Crippen LogP contribution in [0.15, 0.2) is 30.3 Å². The van der Waals surface area contributed by atoms with Crippen LogP contribution in [0.1, 0.15) is 18.4 Å². The Morgan fingerprint density at radius 1 is 1.44 bits per heavy atom. The summed E-state index contributed by atoms with van der Waals surface area (Å²) in [6.45, 7) is 2.27. The third kappa shape index (κ3) is 2.34. The first-order chi connectivity index (χ1) is 8.78. The maximum atomic E-state index is 11.8. The van der Waals surface area contributed by atoms with Crippen LogP contribution in [0, 0.1) is 5.92 Å². The van der Waals surface area contributed by atoms with Gasteiger partial charge in [-0.1, -0.05) is 30.3 Å². The predicted octanol–water partition coefficient (Wildman–Crippen LogP) is 1.66. The number of amides is 1. The molecule has 2 N–H and O–H groups in total. The van der Waals surface area contributed by atoms with Gasteiger partial charge in [0.05, 0.1) is 5.54 Å². The number of benzene rings is 1. The summed E-state index contributed by atoms with van der Waals surface area (Å²) >= 11 is 0. The first-order valence-corrected chi connectivity index (χ1v) is 6.48. The van der Waals surface area contributed by atoms with Crippen molar-refractivity contribution >= 4 is 6.09 Å². The molecule has 1 heterocycles. The molecule has 0 unspecified atom stereocenters. The molecule has 1 amide bonds. The zero-order valence-electron chi connectivity index (χ0n) is 10.3. The molecule has 0 spiro atoms. The second-order valence-corrected chi connectivity index (χ2v) is 5.21. The molecule has 4 nitrogen and oxygen atoms in total. The first-order valence-electron chi connectivity index (χ1n) is 6.48. The lowest BCUT2D eigenvalue weighted by atomic mass is 10.1. The van der Waals surface area contributed by atoms with E-state index in [4.69, 9.17) is 4.74 Å². The van der Waals surface area contributed by atoms with E-state index in [-0.39, 0.29) is 11.6 Å². The van der Waals surface area contributed by atoms with Gasteiger partial charge in [-0.25, -0.2) is 4.79 Å². The summed E-state index contributed by atoms with van der Waals surface area (Å²) in [6.07, 6.45) is 1.93. The number of nitrogens with one attached hydrogen (secondary N) is 2. The van der Waals surface area contributed by atoms with Gasteiger partial charge in [-0.05, 0) is 30.9 Å².